The van der Waals surface area contributed by atoms with Crippen molar-refractivity contribution in [3.05, 3.63) is 158 Å². The summed E-state index contributed by atoms with van der Waals surface area (Å²) in [6.07, 6.45) is 0. The Bertz CT molecular complexity index is 1770. The Morgan fingerprint density at radius 1 is 0.211 bits per heavy atom. The van der Waals surface area contributed by atoms with Crippen LogP contribution in [0.3, 0.4) is 0 Å². The average molecular weight is 483 g/mol. The molecule has 7 aromatic carbocycles. The average Bonchev–Trinajstić information content (AvgIpc) is 3.01. The molecule has 0 aliphatic rings. The van der Waals surface area contributed by atoms with E-state index in [-0.39, 0.29) is 0 Å². The van der Waals surface area contributed by atoms with Crippen molar-refractivity contribution in [2.24, 2.45) is 0 Å². The lowest BCUT2D eigenvalue weighted by Gasteiger charge is -2.22. The van der Waals surface area contributed by atoms with Gasteiger partial charge in [0.2, 0.25) is 0 Å². The minimum absolute atomic E-state index is 1.22. The molecule has 0 aliphatic carbocycles. The quantitative estimate of drug-likeness (QED) is 0.219. The van der Waals surface area contributed by atoms with Gasteiger partial charge in [-0.2, -0.15) is 0 Å². The van der Waals surface area contributed by atoms with Crippen LogP contribution in [-0.2, 0) is 0 Å². The molecule has 0 heteroatoms. The monoisotopic (exact) mass is 482 g/mol. The van der Waals surface area contributed by atoms with Gasteiger partial charge in [0.15, 0.2) is 0 Å². The lowest BCUT2D eigenvalue weighted by atomic mass is 9.81. The van der Waals surface area contributed by atoms with Crippen LogP contribution in [0.5, 0.6) is 0 Å². The highest BCUT2D eigenvalue weighted by molar-refractivity contribution is 6.23. The second-order valence-electron chi connectivity index (χ2n) is 9.67. The first-order chi connectivity index (χ1) is 18.9. The third-order valence-corrected chi connectivity index (χ3v) is 7.48. The van der Waals surface area contributed by atoms with Crippen molar-refractivity contribution < 1.29 is 0 Å². The van der Waals surface area contributed by atoms with E-state index in [4.69, 9.17) is 0 Å². The molecule has 0 heterocycles. The molecule has 0 N–H and O–H groups in total. The summed E-state index contributed by atoms with van der Waals surface area (Å²) < 4.78 is 0. The summed E-state index contributed by atoms with van der Waals surface area (Å²) in [4.78, 5) is 0. The van der Waals surface area contributed by atoms with Crippen molar-refractivity contribution in [1.82, 2.24) is 0 Å². The minimum atomic E-state index is 1.22. The first kappa shape index (κ1) is 22.3. The van der Waals surface area contributed by atoms with E-state index in [0.29, 0.717) is 0 Å². The lowest BCUT2D eigenvalue weighted by Crippen LogP contribution is -1.95. The standard InChI is InChI=1S/C38H26/c1-4-15-27(16-5-1)30-25-14-26-31(28-17-6-2-7-18-28)37(30)38-34-23-12-10-21-32(34)36(29-19-8-3-9-20-29)33-22-11-13-24-35(33)38/h1-26H. The zero-order valence-electron chi connectivity index (χ0n) is 21.0. The van der Waals surface area contributed by atoms with Gasteiger partial charge >= 0.3 is 0 Å². The molecule has 7 rings (SSSR count). The van der Waals surface area contributed by atoms with Crippen molar-refractivity contribution >= 4 is 21.5 Å². The molecule has 0 saturated carbocycles. The lowest BCUT2D eigenvalue weighted by molar-refractivity contribution is 1.58. The molecule has 38 heavy (non-hydrogen) atoms. The molecule has 0 nitrogen and oxygen atoms in total. The molecule has 0 bridgehead atoms. The number of fused-ring (bicyclic) bond motifs is 2. The SMILES string of the molecule is c1ccc(-c2cccc(-c3ccccc3)c2-c2c3ccccc3c(-c3ccccc3)c3ccccc23)cc1. The molecule has 0 amide bonds. The van der Waals surface area contributed by atoms with Crippen molar-refractivity contribution in [2.75, 3.05) is 0 Å². The van der Waals surface area contributed by atoms with Crippen LogP contribution in [0.1, 0.15) is 0 Å². The highest BCUT2D eigenvalue weighted by Crippen LogP contribution is 2.48. The van der Waals surface area contributed by atoms with Gasteiger partial charge in [0.25, 0.3) is 0 Å². The molecular weight excluding hydrogens is 456 g/mol. The van der Waals surface area contributed by atoms with Crippen molar-refractivity contribution in [2.45, 2.75) is 0 Å². The van der Waals surface area contributed by atoms with E-state index < -0.39 is 0 Å². The van der Waals surface area contributed by atoms with Crippen LogP contribution in [-0.4, -0.2) is 0 Å². The highest BCUT2D eigenvalue weighted by Gasteiger charge is 2.21. The molecule has 0 spiro atoms. The van der Waals surface area contributed by atoms with Crippen LogP contribution >= 0.6 is 0 Å². The first-order valence-corrected chi connectivity index (χ1v) is 13.1. The third kappa shape index (κ3) is 3.70. The Kier molecular flexibility index (Phi) is 5.57. The first-order valence-electron chi connectivity index (χ1n) is 13.1. The van der Waals surface area contributed by atoms with E-state index in [2.05, 4.69) is 158 Å². The van der Waals surface area contributed by atoms with Gasteiger partial charge in [-0.3, -0.25) is 0 Å². The molecule has 0 atom stereocenters. The smallest absolute Gasteiger partial charge is 0.00139 e. The Hall–Kier alpha value is -4.94. The van der Waals surface area contributed by atoms with E-state index in [1.54, 1.807) is 0 Å². The molecule has 178 valence electrons. The molecule has 0 aliphatic heterocycles. The summed E-state index contributed by atoms with van der Waals surface area (Å²) in [5.41, 5.74) is 10.0. The number of benzene rings is 7. The van der Waals surface area contributed by atoms with Gasteiger partial charge in [-0.25, -0.2) is 0 Å². The maximum atomic E-state index is 2.29. The molecule has 0 saturated heterocycles. The second kappa shape index (κ2) is 9.50. The highest BCUT2D eigenvalue weighted by atomic mass is 14.2. The molecular formula is C38H26. The van der Waals surface area contributed by atoms with Gasteiger partial charge in [0.05, 0.1) is 0 Å². The Labute approximate surface area is 223 Å². The zero-order chi connectivity index (χ0) is 25.3. The summed E-state index contributed by atoms with van der Waals surface area (Å²) in [5.74, 6) is 0. The van der Waals surface area contributed by atoms with Crippen molar-refractivity contribution in [3.8, 4) is 44.5 Å². The summed E-state index contributed by atoms with van der Waals surface area (Å²) in [7, 11) is 0. The summed E-state index contributed by atoms with van der Waals surface area (Å²) >= 11 is 0. The Morgan fingerprint density at radius 2 is 0.553 bits per heavy atom. The van der Waals surface area contributed by atoms with Crippen LogP contribution in [0.2, 0.25) is 0 Å². The molecule has 7 aromatic rings. The summed E-state index contributed by atoms with van der Waals surface area (Å²) in [5, 5.41) is 5.08. The predicted octanol–water partition coefficient (Wildman–Crippen LogP) is 10.7. The van der Waals surface area contributed by atoms with Crippen LogP contribution in [0.15, 0.2) is 158 Å². The number of hydrogen-bond donors (Lipinski definition) is 0. The number of hydrogen-bond acceptors (Lipinski definition) is 0. The maximum Gasteiger partial charge on any atom is -0.00139 e. The maximum absolute atomic E-state index is 2.29. The van der Waals surface area contributed by atoms with Crippen LogP contribution in [0, 0.1) is 0 Å². The van der Waals surface area contributed by atoms with E-state index in [9.17, 15) is 0 Å². The van der Waals surface area contributed by atoms with Crippen molar-refractivity contribution in [1.29, 1.82) is 0 Å². The largest absolute Gasteiger partial charge is 0.0622 e. The van der Waals surface area contributed by atoms with Gasteiger partial charge in [-0.1, -0.05) is 158 Å². The van der Waals surface area contributed by atoms with Gasteiger partial charge in [0.1, 0.15) is 0 Å². The van der Waals surface area contributed by atoms with Crippen molar-refractivity contribution in [3.63, 3.8) is 0 Å². The Morgan fingerprint density at radius 3 is 0.974 bits per heavy atom. The fourth-order valence-electron chi connectivity index (χ4n) is 5.85. The van der Waals surface area contributed by atoms with E-state index in [1.807, 2.05) is 0 Å². The van der Waals surface area contributed by atoms with Gasteiger partial charge in [0, 0.05) is 0 Å². The molecule has 0 unspecified atom stereocenters. The van der Waals surface area contributed by atoms with E-state index >= 15 is 0 Å². The van der Waals surface area contributed by atoms with E-state index in [0.717, 1.165) is 0 Å². The van der Waals surface area contributed by atoms with E-state index in [1.165, 1.54) is 66.1 Å². The predicted molar refractivity (Wildman–Crippen MR) is 163 cm³/mol. The fourth-order valence-corrected chi connectivity index (χ4v) is 5.85. The normalized spacial score (nSPS) is 11.2. The molecule has 0 radical (unpaired) electrons. The van der Waals surface area contributed by atoms with Gasteiger partial charge < -0.3 is 0 Å². The number of rotatable bonds is 4. The third-order valence-electron chi connectivity index (χ3n) is 7.48. The van der Waals surface area contributed by atoms with Crippen LogP contribution in [0.4, 0.5) is 0 Å². The fraction of sp³-hybridized carbons (Fsp3) is 0. The van der Waals surface area contributed by atoms with Gasteiger partial charge in [-0.15, -0.1) is 0 Å². The topological polar surface area (TPSA) is 0 Å². The Balaban J connectivity index is 1.69. The molecule has 0 fully saturated rings. The molecule has 0 aromatic heterocycles. The van der Waals surface area contributed by atoms with Crippen LogP contribution in [0.25, 0.3) is 66.1 Å². The summed E-state index contributed by atoms with van der Waals surface area (Å²) in [6.45, 7) is 0. The second-order valence-corrected chi connectivity index (χ2v) is 9.67. The minimum Gasteiger partial charge on any atom is -0.0622 e. The summed E-state index contributed by atoms with van der Waals surface area (Å²) in [6, 6.07) is 56.9. The van der Waals surface area contributed by atoms with Gasteiger partial charge in [-0.05, 0) is 66.1 Å². The van der Waals surface area contributed by atoms with Crippen LogP contribution < -0.4 is 0 Å². The zero-order valence-corrected chi connectivity index (χ0v) is 21.0.